The number of nitrogens with zero attached hydrogens (tertiary/aromatic N) is 1. The van der Waals surface area contributed by atoms with Gasteiger partial charge in [0.15, 0.2) is 9.84 Å². The highest BCUT2D eigenvalue weighted by Gasteiger charge is 2.35. The molecule has 2 aromatic rings. The standard InChI is InChI=1S/C17H18ClNO3S2/c1-12-5-7-23-16(12)10-19(15-6-8-24(21,22)11-15)17(20)13-3-2-4-14(18)9-13/h2-5,7,9,15H,6,8,10-11H2,1H3/t15-/m0/s1. The first-order valence-electron chi connectivity index (χ1n) is 7.66. The van der Waals surface area contributed by atoms with Crippen molar-refractivity contribution in [1.82, 2.24) is 4.90 Å². The first-order chi connectivity index (χ1) is 11.4. The van der Waals surface area contributed by atoms with Crippen molar-refractivity contribution in [2.24, 2.45) is 0 Å². The fourth-order valence-corrected chi connectivity index (χ4v) is 5.72. The summed E-state index contributed by atoms with van der Waals surface area (Å²) < 4.78 is 23.7. The number of benzene rings is 1. The van der Waals surface area contributed by atoms with E-state index in [2.05, 4.69) is 0 Å². The summed E-state index contributed by atoms with van der Waals surface area (Å²) in [6.45, 7) is 2.42. The number of aryl methyl sites for hydroxylation is 1. The molecule has 24 heavy (non-hydrogen) atoms. The van der Waals surface area contributed by atoms with Crippen LogP contribution in [0.15, 0.2) is 35.7 Å². The summed E-state index contributed by atoms with van der Waals surface area (Å²) in [6.07, 6.45) is 0.485. The van der Waals surface area contributed by atoms with E-state index in [-0.39, 0.29) is 23.5 Å². The monoisotopic (exact) mass is 383 g/mol. The zero-order chi connectivity index (χ0) is 17.3. The number of halogens is 1. The van der Waals surface area contributed by atoms with E-state index in [1.54, 1.807) is 40.5 Å². The van der Waals surface area contributed by atoms with Crippen LogP contribution >= 0.6 is 22.9 Å². The van der Waals surface area contributed by atoms with Gasteiger partial charge in [-0.1, -0.05) is 17.7 Å². The summed E-state index contributed by atoms with van der Waals surface area (Å²) in [5.41, 5.74) is 1.60. The summed E-state index contributed by atoms with van der Waals surface area (Å²) in [5, 5.41) is 2.48. The number of sulfone groups is 1. The summed E-state index contributed by atoms with van der Waals surface area (Å²) in [6, 6.07) is 8.51. The minimum atomic E-state index is -3.07. The lowest BCUT2D eigenvalue weighted by Crippen LogP contribution is -2.40. The van der Waals surface area contributed by atoms with Crippen molar-refractivity contribution in [2.45, 2.75) is 25.9 Å². The molecule has 2 heterocycles. The van der Waals surface area contributed by atoms with Gasteiger partial charge in [-0.05, 0) is 48.6 Å². The Labute approximate surface area is 151 Å². The summed E-state index contributed by atoms with van der Waals surface area (Å²) in [5.74, 6) is -0.00293. The van der Waals surface area contributed by atoms with Crippen LogP contribution in [-0.2, 0) is 16.4 Å². The van der Waals surface area contributed by atoms with Crippen LogP contribution in [0.2, 0.25) is 5.02 Å². The molecule has 0 unspecified atom stereocenters. The quantitative estimate of drug-likeness (QED) is 0.811. The summed E-state index contributed by atoms with van der Waals surface area (Å²) >= 11 is 7.58. The Hall–Kier alpha value is -1.37. The van der Waals surface area contributed by atoms with Gasteiger partial charge in [-0.25, -0.2) is 8.42 Å². The van der Waals surface area contributed by atoms with Crippen LogP contribution in [0.4, 0.5) is 0 Å². The van der Waals surface area contributed by atoms with Crippen molar-refractivity contribution in [3.8, 4) is 0 Å². The average molecular weight is 384 g/mol. The second kappa shape index (κ2) is 6.86. The molecular formula is C17H18ClNO3S2. The molecule has 1 aromatic carbocycles. The third-order valence-electron chi connectivity index (χ3n) is 4.26. The highest BCUT2D eigenvalue weighted by Crippen LogP contribution is 2.26. The Morgan fingerprint density at radius 3 is 2.75 bits per heavy atom. The van der Waals surface area contributed by atoms with Gasteiger partial charge >= 0.3 is 0 Å². The molecule has 1 saturated heterocycles. The second-order valence-corrected chi connectivity index (χ2v) is 9.69. The van der Waals surface area contributed by atoms with E-state index in [0.29, 0.717) is 23.6 Å². The van der Waals surface area contributed by atoms with Crippen LogP contribution in [0.5, 0.6) is 0 Å². The van der Waals surface area contributed by atoms with Crippen molar-refractivity contribution < 1.29 is 13.2 Å². The molecular weight excluding hydrogens is 366 g/mol. The number of carbonyl (C=O) groups excluding carboxylic acids is 1. The molecule has 0 N–H and O–H groups in total. The van der Waals surface area contributed by atoms with E-state index in [0.717, 1.165) is 10.4 Å². The molecule has 1 atom stereocenters. The Morgan fingerprint density at radius 2 is 2.17 bits per heavy atom. The van der Waals surface area contributed by atoms with Gasteiger partial charge in [0.25, 0.3) is 5.91 Å². The van der Waals surface area contributed by atoms with Crippen molar-refractivity contribution >= 4 is 38.7 Å². The topological polar surface area (TPSA) is 54.5 Å². The first kappa shape index (κ1) is 17.5. The summed E-state index contributed by atoms with van der Waals surface area (Å²) in [7, 11) is -3.07. The minimum Gasteiger partial charge on any atom is -0.329 e. The maximum Gasteiger partial charge on any atom is 0.254 e. The van der Waals surface area contributed by atoms with Gasteiger partial charge in [0.05, 0.1) is 18.1 Å². The maximum atomic E-state index is 13.0. The third kappa shape index (κ3) is 3.82. The van der Waals surface area contributed by atoms with Gasteiger partial charge in [-0.2, -0.15) is 0 Å². The molecule has 0 aliphatic carbocycles. The second-order valence-electron chi connectivity index (χ2n) is 6.03. The van der Waals surface area contributed by atoms with Crippen LogP contribution in [-0.4, -0.2) is 36.8 Å². The van der Waals surface area contributed by atoms with E-state index >= 15 is 0 Å². The number of rotatable bonds is 4. The number of carbonyl (C=O) groups is 1. The molecule has 1 aliphatic rings. The molecule has 0 spiro atoms. The fraction of sp³-hybridized carbons (Fsp3) is 0.353. The molecule has 1 fully saturated rings. The lowest BCUT2D eigenvalue weighted by Gasteiger charge is -2.28. The van der Waals surface area contributed by atoms with Crippen molar-refractivity contribution in [3.63, 3.8) is 0 Å². The highest BCUT2D eigenvalue weighted by atomic mass is 35.5. The number of hydrogen-bond donors (Lipinski definition) is 0. The molecule has 0 bridgehead atoms. The molecule has 3 rings (SSSR count). The molecule has 4 nitrogen and oxygen atoms in total. The van der Waals surface area contributed by atoms with Gasteiger partial charge in [-0.15, -0.1) is 11.3 Å². The zero-order valence-electron chi connectivity index (χ0n) is 13.2. The predicted molar refractivity (Wildman–Crippen MR) is 97.4 cm³/mol. The Kier molecular flexibility index (Phi) is 4.99. The number of hydrogen-bond acceptors (Lipinski definition) is 4. The molecule has 1 aromatic heterocycles. The van der Waals surface area contributed by atoms with Crippen LogP contribution in [0.3, 0.4) is 0 Å². The van der Waals surface area contributed by atoms with Gasteiger partial charge in [0.1, 0.15) is 0 Å². The number of thiophene rings is 1. The van der Waals surface area contributed by atoms with Gasteiger partial charge in [-0.3, -0.25) is 4.79 Å². The zero-order valence-corrected chi connectivity index (χ0v) is 15.6. The van der Waals surface area contributed by atoms with Crippen LogP contribution in [0.1, 0.15) is 27.2 Å². The van der Waals surface area contributed by atoms with Gasteiger partial charge < -0.3 is 4.90 Å². The molecule has 0 radical (unpaired) electrons. The lowest BCUT2D eigenvalue weighted by molar-refractivity contribution is 0.0683. The fourth-order valence-electron chi connectivity index (χ4n) is 2.90. The lowest BCUT2D eigenvalue weighted by atomic mass is 10.1. The van der Waals surface area contributed by atoms with Crippen LogP contribution in [0, 0.1) is 6.92 Å². The van der Waals surface area contributed by atoms with E-state index < -0.39 is 9.84 Å². The van der Waals surface area contributed by atoms with Gasteiger partial charge in [0, 0.05) is 21.5 Å². The highest BCUT2D eigenvalue weighted by molar-refractivity contribution is 7.91. The molecule has 1 amide bonds. The Bertz CT molecular complexity index is 860. The predicted octanol–water partition coefficient (Wildman–Crippen LogP) is 3.54. The first-order valence-corrected chi connectivity index (χ1v) is 10.7. The largest absolute Gasteiger partial charge is 0.329 e. The van der Waals surface area contributed by atoms with E-state index in [1.165, 1.54) is 0 Å². The normalized spacial score (nSPS) is 19.3. The van der Waals surface area contributed by atoms with E-state index in [9.17, 15) is 13.2 Å². The number of amides is 1. The SMILES string of the molecule is Cc1ccsc1CN(C(=O)c1cccc(Cl)c1)[C@H]1CCS(=O)(=O)C1. The van der Waals surface area contributed by atoms with Crippen LogP contribution in [0.25, 0.3) is 0 Å². The van der Waals surface area contributed by atoms with Crippen molar-refractivity contribution in [1.29, 1.82) is 0 Å². The smallest absolute Gasteiger partial charge is 0.254 e. The molecule has 1 aliphatic heterocycles. The summed E-state index contributed by atoms with van der Waals surface area (Å²) in [4.78, 5) is 15.8. The van der Waals surface area contributed by atoms with E-state index in [4.69, 9.17) is 11.6 Å². The Morgan fingerprint density at radius 1 is 1.38 bits per heavy atom. The van der Waals surface area contributed by atoms with Gasteiger partial charge in [0.2, 0.25) is 0 Å². The average Bonchev–Trinajstić information content (AvgIpc) is 3.09. The molecule has 0 saturated carbocycles. The van der Waals surface area contributed by atoms with Crippen molar-refractivity contribution in [3.05, 3.63) is 56.7 Å². The van der Waals surface area contributed by atoms with E-state index in [1.807, 2.05) is 18.4 Å². The minimum absolute atomic E-state index is 0.0315. The van der Waals surface area contributed by atoms with Crippen LogP contribution < -0.4 is 0 Å². The maximum absolute atomic E-state index is 13.0. The molecule has 128 valence electrons. The Balaban J connectivity index is 1.92. The van der Waals surface area contributed by atoms with Crippen molar-refractivity contribution in [2.75, 3.05) is 11.5 Å². The third-order valence-corrected chi connectivity index (χ3v) is 7.26. The molecule has 7 heteroatoms.